The molecular formula is C21H20F3N7OS. The lowest BCUT2D eigenvalue weighted by Crippen LogP contribution is -2.38. The van der Waals surface area contributed by atoms with Crippen LogP contribution >= 0.6 is 11.3 Å². The van der Waals surface area contributed by atoms with Gasteiger partial charge in [-0.1, -0.05) is 24.3 Å². The average Bonchev–Trinajstić information content (AvgIpc) is 3.41. The topological polar surface area (TPSA) is 88.3 Å². The summed E-state index contributed by atoms with van der Waals surface area (Å²) in [6.45, 7) is 3.09. The fourth-order valence-electron chi connectivity index (χ4n) is 3.95. The van der Waals surface area contributed by atoms with Crippen molar-refractivity contribution >= 4 is 44.1 Å². The zero-order valence-electron chi connectivity index (χ0n) is 17.6. The third kappa shape index (κ3) is 4.22. The first-order chi connectivity index (χ1) is 15.8. The molecule has 172 valence electrons. The van der Waals surface area contributed by atoms with Gasteiger partial charge in [-0.3, -0.25) is 4.79 Å². The Bertz CT molecular complexity index is 1320. The van der Waals surface area contributed by atoms with Crippen molar-refractivity contribution in [3.63, 3.8) is 0 Å². The Hall–Kier alpha value is -3.28. The number of anilines is 2. The Morgan fingerprint density at radius 1 is 1.18 bits per heavy atom. The number of amides is 1. The Morgan fingerprint density at radius 3 is 2.70 bits per heavy atom. The van der Waals surface area contributed by atoms with E-state index in [2.05, 4.69) is 38.6 Å². The summed E-state index contributed by atoms with van der Waals surface area (Å²) in [5.74, 6) is -1.06. The quantitative estimate of drug-likeness (QED) is 0.477. The Balaban J connectivity index is 1.25. The predicted molar refractivity (Wildman–Crippen MR) is 118 cm³/mol. The van der Waals surface area contributed by atoms with Crippen molar-refractivity contribution in [1.29, 1.82) is 0 Å². The molecule has 1 aromatic carbocycles. The van der Waals surface area contributed by atoms with Crippen LogP contribution in [0.3, 0.4) is 0 Å². The van der Waals surface area contributed by atoms with Crippen LogP contribution in [0, 0.1) is 5.92 Å². The molecule has 4 heterocycles. The van der Waals surface area contributed by atoms with Crippen molar-refractivity contribution in [2.45, 2.75) is 32.4 Å². The molecule has 1 fully saturated rings. The molecule has 1 N–H and O–H groups in total. The van der Waals surface area contributed by atoms with Crippen molar-refractivity contribution in [3.05, 3.63) is 41.7 Å². The number of nitrogens with one attached hydrogen (secondary N) is 1. The number of carbonyl (C=O) groups is 1. The van der Waals surface area contributed by atoms with E-state index in [0.29, 0.717) is 41.4 Å². The molecule has 8 nitrogen and oxygen atoms in total. The van der Waals surface area contributed by atoms with Crippen LogP contribution in [0.4, 0.5) is 24.1 Å². The highest BCUT2D eigenvalue weighted by Crippen LogP contribution is 2.30. The normalized spacial score (nSPS) is 15.5. The van der Waals surface area contributed by atoms with E-state index in [1.165, 1.54) is 23.0 Å². The molecule has 0 atom stereocenters. The molecule has 3 aromatic heterocycles. The molecule has 1 aliphatic heterocycles. The van der Waals surface area contributed by atoms with Crippen LogP contribution in [0.2, 0.25) is 0 Å². The number of hydrogen-bond donors (Lipinski definition) is 1. The van der Waals surface area contributed by atoms with Gasteiger partial charge >= 0.3 is 6.18 Å². The summed E-state index contributed by atoms with van der Waals surface area (Å²) in [6, 6.07) is 9.16. The largest absolute Gasteiger partial charge is 0.453 e. The lowest BCUT2D eigenvalue weighted by atomic mass is 9.96. The third-order valence-corrected chi connectivity index (χ3v) is 6.72. The minimum Gasteiger partial charge on any atom is -0.355 e. The van der Waals surface area contributed by atoms with E-state index in [1.807, 2.05) is 17.0 Å². The minimum absolute atomic E-state index is 0.0298. The maximum absolute atomic E-state index is 13.1. The van der Waals surface area contributed by atoms with E-state index in [4.69, 9.17) is 0 Å². The maximum Gasteiger partial charge on any atom is 0.453 e. The van der Waals surface area contributed by atoms with Crippen molar-refractivity contribution in [1.82, 2.24) is 24.8 Å². The standard InChI is InChI=1S/C21H20F3N7OS/c1-2-12-3-4-14-15(11-12)33-20(25-14)26-18(32)13-7-9-30(10-8-13)17-6-5-16-27-28-19(21(22,23)24)31(16)29-17/h3-6,11,13H,2,7-10H2,1H3,(H,25,26,32). The van der Waals surface area contributed by atoms with Gasteiger partial charge in [0.05, 0.1) is 10.2 Å². The van der Waals surface area contributed by atoms with Crippen LogP contribution in [-0.4, -0.2) is 43.8 Å². The molecule has 1 aliphatic rings. The molecule has 1 saturated heterocycles. The number of halogens is 3. The van der Waals surface area contributed by atoms with Crippen LogP contribution in [0.25, 0.3) is 15.9 Å². The molecule has 0 spiro atoms. The zero-order chi connectivity index (χ0) is 23.2. The molecule has 0 radical (unpaired) electrons. The first-order valence-corrected chi connectivity index (χ1v) is 11.4. The van der Waals surface area contributed by atoms with Gasteiger partial charge in [-0.2, -0.15) is 17.7 Å². The van der Waals surface area contributed by atoms with Crippen LogP contribution in [0.15, 0.2) is 30.3 Å². The van der Waals surface area contributed by atoms with Gasteiger partial charge < -0.3 is 10.2 Å². The summed E-state index contributed by atoms with van der Waals surface area (Å²) in [6.07, 6.45) is -2.59. The second kappa shape index (κ2) is 8.25. The number of alkyl halides is 3. The van der Waals surface area contributed by atoms with Crippen LogP contribution in [-0.2, 0) is 17.4 Å². The van der Waals surface area contributed by atoms with E-state index >= 15 is 0 Å². The molecule has 0 unspecified atom stereocenters. The van der Waals surface area contributed by atoms with Crippen molar-refractivity contribution in [2.75, 3.05) is 23.3 Å². The number of hydrogen-bond acceptors (Lipinski definition) is 7. The van der Waals surface area contributed by atoms with Crippen molar-refractivity contribution in [3.8, 4) is 0 Å². The van der Waals surface area contributed by atoms with Gasteiger partial charge in [0.2, 0.25) is 5.91 Å². The van der Waals surface area contributed by atoms with Gasteiger partial charge in [-0.05, 0) is 49.1 Å². The second-order valence-electron chi connectivity index (χ2n) is 7.91. The summed E-state index contributed by atoms with van der Waals surface area (Å²) in [5.41, 5.74) is 2.11. The number of rotatable bonds is 4. The van der Waals surface area contributed by atoms with Gasteiger partial charge in [-0.15, -0.1) is 15.3 Å². The second-order valence-corrected chi connectivity index (χ2v) is 8.94. The average molecular weight is 476 g/mol. The predicted octanol–water partition coefficient (Wildman–Crippen LogP) is 4.17. The number of nitrogens with zero attached hydrogens (tertiary/aromatic N) is 6. The third-order valence-electron chi connectivity index (χ3n) is 5.78. The van der Waals surface area contributed by atoms with Gasteiger partial charge in [-0.25, -0.2) is 4.98 Å². The van der Waals surface area contributed by atoms with Gasteiger partial charge in [0.25, 0.3) is 5.82 Å². The van der Waals surface area contributed by atoms with E-state index < -0.39 is 12.0 Å². The molecule has 4 aromatic rings. The summed E-state index contributed by atoms with van der Waals surface area (Å²) >= 11 is 1.45. The van der Waals surface area contributed by atoms with Gasteiger partial charge in [0, 0.05) is 19.0 Å². The molecular weight excluding hydrogens is 455 g/mol. The summed E-state index contributed by atoms with van der Waals surface area (Å²) < 4.78 is 41.1. The number of piperidine rings is 1. The monoisotopic (exact) mass is 475 g/mol. The fraction of sp³-hybridized carbons (Fsp3) is 0.381. The van der Waals surface area contributed by atoms with Crippen LogP contribution in [0.1, 0.15) is 31.2 Å². The molecule has 5 rings (SSSR count). The van der Waals surface area contributed by atoms with E-state index in [-0.39, 0.29) is 17.5 Å². The highest BCUT2D eigenvalue weighted by molar-refractivity contribution is 7.22. The van der Waals surface area contributed by atoms with Crippen molar-refractivity contribution in [2.24, 2.45) is 5.92 Å². The Morgan fingerprint density at radius 2 is 1.97 bits per heavy atom. The summed E-state index contributed by atoms with van der Waals surface area (Å²) in [5, 5.41) is 14.3. The SMILES string of the molecule is CCc1ccc2nc(NC(=O)C3CCN(c4ccc5nnc(C(F)(F)F)n5n4)CC3)sc2c1. The molecule has 12 heteroatoms. The van der Waals surface area contributed by atoms with Gasteiger partial charge in [0.15, 0.2) is 10.8 Å². The Labute approximate surface area is 190 Å². The summed E-state index contributed by atoms with van der Waals surface area (Å²) in [4.78, 5) is 19.1. The van der Waals surface area contributed by atoms with E-state index in [9.17, 15) is 18.0 Å². The maximum atomic E-state index is 13.1. The fourth-order valence-corrected chi connectivity index (χ4v) is 4.88. The first kappa shape index (κ1) is 21.6. The zero-order valence-corrected chi connectivity index (χ0v) is 18.4. The molecule has 1 amide bonds. The molecule has 0 saturated carbocycles. The number of fused-ring (bicyclic) bond motifs is 2. The highest BCUT2D eigenvalue weighted by atomic mass is 32.1. The minimum atomic E-state index is -4.64. The molecule has 0 aliphatic carbocycles. The first-order valence-electron chi connectivity index (χ1n) is 10.6. The lowest BCUT2D eigenvalue weighted by Gasteiger charge is -2.31. The Kier molecular flexibility index (Phi) is 5.39. The molecule has 33 heavy (non-hydrogen) atoms. The van der Waals surface area contributed by atoms with Crippen LogP contribution in [0.5, 0.6) is 0 Å². The lowest BCUT2D eigenvalue weighted by molar-refractivity contribution is -0.146. The van der Waals surface area contributed by atoms with Gasteiger partial charge in [0.1, 0.15) is 5.82 Å². The van der Waals surface area contributed by atoms with E-state index in [0.717, 1.165) is 16.6 Å². The number of aromatic nitrogens is 5. The number of aryl methyl sites for hydroxylation is 1. The highest BCUT2D eigenvalue weighted by Gasteiger charge is 2.38. The van der Waals surface area contributed by atoms with Crippen molar-refractivity contribution < 1.29 is 18.0 Å². The molecule has 0 bridgehead atoms. The number of benzene rings is 1. The smallest absolute Gasteiger partial charge is 0.355 e. The van der Waals surface area contributed by atoms with Crippen LogP contribution < -0.4 is 10.2 Å². The number of thiazole rings is 1. The number of carbonyl (C=O) groups excluding carboxylic acids is 1. The summed E-state index contributed by atoms with van der Waals surface area (Å²) in [7, 11) is 0. The van der Waals surface area contributed by atoms with E-state index in [1.54, 1.807) is 6.07 Å².